The Balaban J connectivity index is 2.06. The van der Waals surface area contributed by atoms with E-state index < -0.39 is 0 Å². The van der Waals surface area contributed by atoms with Crippen molar-refractivity contribution in [2.24, 2.45) is 5.92 Å². The smallest absolute Gasteiger partial charge is 0.0598 e. The molecule has 3 heteroatoms. The molecule has 14 heavy (non-hydrogen) atoms. The van der Waals surface area contributed by atoms with E-state index >= 15 is 0 Å². The number of nitrogens with one attached hydrogen (secondary N) is 1. The van der Waals surface area contributed by atoms with Crippen LogP contribution in [-0.4, -0.2) is 18.8 Å². The highest BCUT2D eigenvalue weighted by Crippen LogP contribution is 2.24. The Morgan fingerprint density at radius 1 is 1.57 bits per heavy atom. The Morgan fingerprint density at radius 3 is 3.07 bits per heavy atom. The van der Waals surface area contributed by atoms with Gasteiger partial charge in [-0.2, -0.15) is 0 Å². The second-order valence-electron chi connectivity index (χ2n) is 3.55. The zero-order valence-corrected chi connectivity index (χ0v) is 10.6. The monoisotopic (exact) mass is 229 g/mol. The van der Waals surface area contributed by atoms with Gasteiger partial charge in [0.15, 0.2) is 0 Å². The van der Waals surface area contributed by atoms with Gasteiger partial charge >= 0.3 is 0 Å². The first-order chi connectivity index (χ1) is 6.83. The van der Waals surface area contributed by atoms with Gasteiger partial charge < -0.3 is 5.32 Å². The van der Waals surface area contributed by atoms with E-state index in [0.717, 1.165) is 19.0 Å². The van der Waals surface area contributed by atoms with Gasteiger partial charge in [-0.25, -0.2) is 0 Å². The average molecular weight is 229 g/mol. The van der Waals surface area contributed by atoms with Gasteiger partial charge in [0.05, 0.1) is 4.21 Å². The van der Waals surface area contributed by atoms with Crippen molar-refractivity contribution < 1.29 is 0 Å². The SMILES string of the molecule is CCCNCC(C)CSc1cccs1. The zero-order valence-electron chi connectivity index (χ0n) is 8.95. The molecule has 0 saturated heterocycles. The van der Waals surface area contributed by atoms with Gasteiger partial charge in [-0.05, 0) is 36.9 Å². The number of hydrogen-bond donors (Lipinski definition) is 1. The Kier molecular flexibility index (Phi) is 6.32. The minimum Gasteiger partial charge on any atom is -0.316 e. The van der Waals surface area contributed by atoms with Crippen LogP contribution in [0.5, 0.6) is 0 Å². The molecule has 0 aliphatic rings. The highest BCUT2D eigenvalue weighted by atomic mass is 32.2. The summed E-state index contributed by atoms with van der Waals surface area (Å²) in [6.45, 7) is 6.81. The van der Waals surface area contributed by atoms with Crippen molar-refractivity contribution in [1.82, 2.24) is 5.32 Å². The van der Waals surface area contributed by atoms with Crippen LogP contribution in [0.25, 0.3) is 0 Å². The lowest BCUT2D eigenvalue weighted by Gasteiger charge is -2.10. The summed E-state index contributed by atoms with van der Waals surface area (Å²) in [6, 6.07) is 4.31. The van der Waals surface area contributed by atoms with Crippen LogP contribution in [-0.2, 0) is 0 Å². The average Bonchev–Trinajstić information content (AvgIpc) is 2.68. The lowest BCUT2D eigenvalue weighted by atomic mass is 10.2. The van der Waals surface area contributed by atoms with E-state index in [4.69, 9.17) is 0 Å². The lowest BCUT2D eigenvalue weighted by Crippen LogP contribution is -2.22. The summed E-state index contributed by atoms with van der Waals surface area (Å²) in [5.74, 6) is 1.98. The molecule has 1 N–H and O–H groups in total. The normalized spacial score (nSPS) is 13.0. The van der Waals surface area contributed by atoms with Crippen LogP contribution in [0.4, 0.5) is 0 Å². The van der Waals surface area contributed by atoms with E-state index in [1.807, 2.05) is 23.1 Å². The number of thiophene rings is 1. The summed E-state index contributed by atoms with van der Waals surface area (Å²) < 4.78 is 1.44. The highest BCUT2D eigenvalue weighted by molar-refractivity contribution is 8.01. The minimum atomic E-state index is 0.758. The lowest BCUT2D eigenvalue weighted by molar-refractivity contribution is 0.557. The molecular weight excluding hydrogens is 210 g/mol. The first-order valence-electron chi connectivity index (χ1n) is 5.20. The van der Waals surface area contributed by atoms with Crippen LogP contribution in [0.3, 0.4) is 0 Å². The van der Waals surface area contributed by atoms with E-state index in [1.54, 1.807) is 0 Å². The third-order valence-corrected chi connectivity index (χ3v) is 4.38. The summed E-state index contributed by atoms with van der Waals surface area (Å²) in [6.07, 6.45) is 1.23. The number of rotatable bonds is 7. The Morgan fingerprint density at radius 2 is 2.43 bits per heavy atom. The molecule has 1 heterocycles. The maximum Gasteiger partial charge on any atom is 0.0598 e. The van der Waals surface area contributed by atoms with E-state index in [1.165, 1.54) is 16.4 Å². The second-order valence-corrected chi connectivity index (χ2v) is 5.82. The molecule has 80 valence electrons. The Bertz CT molecular complexity index is 221. The predicted octanol–water partition coefficient (Wildman–Crippen LogP) is 3.48. The maximum atomic E-state index is 3.45. The van der Waals surface area contributed by atoms with E-state index in [9.17, 15) is 0 Å². The molecule has 1 nitrogen and oxygen atoms in total. The third-order valence-electron chi connectivity index (χ3n) is 1.92. The van der Waals surface area contributed by atoms with Gasteiger partial charge in [0, 0.05) is 5.75 Å². The largest absolute Gasteiger partial charge is 0.316 e. The zero-order chi connectivity index (χ0) is 10.2. The quantitative estimate of drug-likeness (QED) is 0.567. The molecule has 1 unspecified atom stereocenters. The van der Waals surface area contributed by atoms with Crippen LogP contribution in [0.2, 0.25) is 0 Å². The van der Waals surface area contributed by atoms with Gasteiger partial charge in [0.1, 0.15) is 0 Å². The Hall–Kier alpha value is 0.01000. The number of thioether (sulfide) groups is 1. The molecular formula is C11H19NS2. The van der Waals surface area contributed by atoms with Crippen molar-refractivity contribution in [2.75, 3.05) is 18.8 Å². The van der Waals surface area contributed by atoms with E-state index in [2.05, 4.69) is 36.7 Å². The second kappa shape index (κ2) is 7.32. The maximum absolute atomic E-state index is 3.45. The first kappa shape index (κ1) is 12.1. The van der Waals surface area contributed by atoms with Gasteiger partial charge in [0.25, 0.3) is 0 Å². The molecule has 0 aromatic carbocycles. The van der Waals surface area contributed by atoms with Gasteiger partial charge in [0.2, 0.25) is 0 Å². The first-order valence-corrected chi connectivity index (χ1v) is 7.06. The molecule has 1 aromatic heterocycles. The van der Waals surface area contributed by atoms with Crippen LogP contribution >= 0.6 is 23.1 Å². The molecule has 0 aliphatic carbocycles. The standard InChI is InChI=1S/C11H19NS2/c1-3-6-12-8-10(2)9-14-11-5-4-7-13-11/h4-5,7,10,12H,3,6,8-9H2,1-2H3. The van der Waals surface area contributed by atoms with Crippen molar-refractivity contribution in [3.8, 4) is 0 Å². The fourth-order valence-corrected chi connectivity index (χ4v) is 2.99. The molecule has 1 atom stereocenters. The molecule has 0 fully saturated rings. The Labute approximate surface area is 95.3 Å². The molecule has 0 radical (unpaired) electrons. The van der Waals surface area contributed by atoms with Crippen molar-refractivity contribution in [3.63, 3.8) is 0 Å². The molecule has 1 rings (SSSR count). The fourth-order valence-electron chi connectivity index (χ4n) is 1.15. The van der Waals surface area contributed by atoms with Crippen LogP contribution in [0.15, 0.2) is 21.7 Å². The van der Waals surface area contributed by atoms with Crippen LogP contribution in [0, 0.1) is 5.92 Å². The van der Waals surface area contributed by atoms with Crippen LogP contribution in [0.1, 0.15) is 20.3 Å². The molecule has 0 saturated carbocycles. The minimum absolute atomic E-state index is 0.758. The third kappa shape index (κ3) is 5.03. The van der Waals surface area contributed by atoms with Gasteiger partial charge in [-0.3, -0.25) is 0 Å². The van der Waals surface area contributed by atoms with Crippen molar-refractivity contribution in [2.45, 2.75) is 24.5 Å². The van der Waals surface area contributed by atoms with Gasteiger partial charge in [-0.15, -0.1) is 23.1 Å². The molecule has 1 aromatic rings. The van der Waals surface area contributed by atoms with E-state index in [-0.39, 0.29) is 0 Å². The fraction of sp³-hybridized carbons (Fsp3) is 0.636. The summed E-state index contributed by atoms with van der Waals surface area (Å²) >= 11 is 3.81. The summed E-state index contributed by atoms with van der Waals surface area (Å²) in [7, 11) is 0. The van der Waals surface area contributed by atoms with Crippen molar-refractivity contribution >= 4 is 23.1 Å². The van der Waals surface area contributed by atoms with Gasteiger partial charge in [-0.1, -0.05) is 19.9 Å². The van der Waals surface area contributed by atoms with E-state index in [0.29, 0.717) is 0 Å². The molecule has 0 aliphatic heterocycles. The van der Waals surface area contributed by atoms with Crippen LogP contribution < -0.4 is 5.32 Å². The topological polar surface area (TPSA) is 12.0 Å². The van der Waals surface area contributed by atoms with Crippen molar-refractivity contribution in [1.29, 1.82) is 0 Å². The molecule has 0 amide bonds. The summed E-state index contributed by atoms with van der Waals surface area (Å²) in [5.41, 5.74) is 0. The highest BCUT2D eigenvalue weighted by Gasteiger charge is 2.02. The number of hydrogen-bond acceptors (Lipinski definition) is 3. The van der Waals surface area contributed by atoms with Crippen molar-refractivity contribution in [3.05, 3.63) is 17.5 Å². The molecule has 0 spiro atoms. The summed E-state index contributed by atoms with van der Waals surface area (Å²) in [5, 5.41) is 5.60. The predicted molar refractivity (Wildman–Crippen MR) is 67.4 cm³/mol. The summed E-state index contributed by atoms with van der Waals surface area (Å²) in [4.78, 5) is 0. The molecule has 0 bridgehead atoms.